The molecule has 0 unspecified atom stereocenters. The number of nitro groups is 2. The summed E-state index contributed by atoms with van der Waals surface area (Å²) in [5, 5.41) is 24.5. The van der Waals surface area contributed by atoms with Crippen LogP contribution in [0.25, 0.3) is 0 Å². The fourth-order valence-electron chi connectivity index (χ4n) is 2.52. The van der Waals surface area contributed by atoms with Crippen LogP contribution >= 0.6 is 0 Å². The Morgan fingerprint density at radius 2 is 1.62 bits per heavy atom. The van der Waals surface area contributed by atoms with E-state index in [4.69, 9.17) is 0 Å². The van der Waals surface area contributed by atoms with E-state index < -0.39 is 27.1 Å². The Balaban J connectivity index is 2.24. The first-order chi connectivity index (χ1) is 12.4. The van der Waals surface area contributed by atoms with Crippen molar-refractivity contribution in [2.45, 2.75) is 13.8 Å². The lowest BCUT2D eigenvalue weighted by Gasteiger charge is -2.21. The van der Waals surface area contributed by atoms with Gasteiger partial charge in [0.2, 0.25) is 0 Å². The molecule has 1 amide bonds. The molecule has 2 aromatic carbocycles. The number of nitrogens with one attached hydrogen (secondary N) is 1. The van der Waals surface area contributed by atoms with Gasteiger partial charge in [0.25, 0.3) is 17.3 Å². The first-order valence-electron chi connectivity index (χ1n) is 7.96. The summed E-state index contributed by atoms with van der Waals surface area (Å²) in [4.78, 5) is 34.8. The zero-order valence-electron chi connectivity index (χ0n) is 14.3. The van der Waals surface area contributed by atoms with E-state index in [0.29, 0.717) is 5.69 Å². The van der Waals surface area contributed by atoms with Crippen molar-refractivity contribution in [3.8, 4) is 0 Å². The number of anilines is 2. The SMILES string of the molecule is CCN(CC)c1ccc(NC(=O)c2ccc([N+](=O)[O-])cc2[N+](=O)[O-])cc1. The number of hydrogen-bond acceptors (Lipinski definition) is 6. The minimum absolute atomic E-state index is 0.242. The van der Waals surface area contributed by atoms with Gasteiger partial charge in [-0.3, -0.25) is 25.0 Å². The molecule has 0 atom stereocenters. The van der Waals surface area contributed by atoms with Gasteiger partial charge in [0.05, 0.1) is 15.9 Å². The van der Waals surface area contributed by atoms with E-state index in [1.807, 2.05) is 26.0 Å². The normalized spacial score (nSPS) is 10.2. The highest BCUT2D eigenvalue weighted by Crippen LogP contribution is 2.26. The predicted molar refractivity (Wildman–Crippen MR) is 97.7 cm³/mol. The Kier molecular flexibility index (Phi) is 5.84. The van der Waals surface area contributed by atoms with Crippen LogP contribution in [0.2, 0.25) is 0 Å². The van der Waals surface area contributed by atoms with Crippen molar-refractivity contribution in [3.63, 3.8) is 0 Å². The van der Waals surface area contributed by atoms with Crippen molar-refractivity contribution in [2.24, 2.45) is 0 Å². The second-order valence-corrected chi connectivity index (χ2v) is 5.39. The zero-order valence-corrected chi connectivity index (χ0v) is 14.3. The number of nitrogens with zero attached hydrogens (tertiary/aromatic N) is 3. The summed E-state index contributed by atoms with van der Waals surface area (Å²) in [6.45, 7) is 5.76. The van der Waals surface area contributed by atoms with Gasteiger partial charge in [-0.15, -0.1) is 0 Å². The first kappa shape index (κ1) is 18.8. The number of nitro benzene ring substituents is 2. The molecule has 0 aromatic heterocycles. The molecule has 0 saturated carbocycles. The molecule has 0 bridgehead atoms. The molecule has 9 heteroatoms. The van der Waals surface area contributed by atoms with Crippen LogP contribution in [-0.2, 0) is 0 Å². The number of benzene rings is 2. The maximum absolute atomic E-state index is 12.4. The number of hydrogen-bond donors (Lipinski definition) is 1. The zero-order chi connectivity index (χ0) is 19.3. The molecule has 0 spiro atoms. The summed E-state index contributed by atoms with van der Waals surface area (Å²) < 4.78 is 0. The van der Waals surface area contributed by atoms with E-state index in [0.717, 1.165) is 37.0 Å². The van der Waals surface area contributed by atoms with Crippen LogP contribution in [-0.4, -0.2) is 28.8 Å². The smallest absolute Gasteiger partial charge is 0.289 e. The van der Waals surface area contributed by atoms with E-state index in [2.05, 4.69) is 10.2 Å². The van der Waals surface area contributed by atoms with Crippen molar-refractivity contribution in [3.05, 3.63) is 68.3 Å². The summed E-state index contributed by atoms with van der Waals surface area (Å²) in [7, 11) is 0. The van der Waals surface area contributed by atoms with Crippen molar-refractivity contribution in [1.29, 1.82) is 0 Å². The lowest BCUT2D eigenvalue weighted by molar-refractivity contribution is -0.394. The monoisotopic (exact) mass is 358 g/mol. The number of rotatable bonds is 7. The topological polar surface area (TPSA) is 119 Å². The minimum atomic E-state index is -0.814. The Morgan fingerprint density at radius 3 is 2.12 bits per heavy atom. The van der Waals surface area contributed by atoms with E-state index in [1.54, 1.807) is 12.1 Å². The van der Waals surface area contributed by atoms with E-state index in [1.165, 1.54) is 0 Å². The van der Waals surface area contributed by atoms with Gasteiger partial charge in [0, 0.05) is 30.5 Å². The molecule has 2 aromatic rings. The molecular formula is C17H18N4O5. The molecule has 0 saturated heterocycles. The van der Waals surface area contributed by atoms with Crippen molar-refractivity contribution < 1.29 is 14.6 Å². The number of carbonyl (C=O) groups is 1. The standard InChI is InChI=1S/C17H18N4O5/c1-3-19(4-2)13-7-5-12(6-8-13)18-17(22)15-10-9-14(20(23)24)11-16(15)21(25)26/h5-11H,3-4H2,1-2H3,(H,18,22). The third kappa shape index (κ3) is 4.12. The van der Waals surface area contributed by atoms with Crippen LogP contribution < -0.4 is 10.2 Å². The molecule has 0 heterocycles. The third-order valence-corrected chi connectivity index (χ3v) is 3.89. The number of non-ortho nitro benzene ring substituents is 1. The summed E-state index contributed by atoms with van der Waals surface area (Å²) in [5.74, 6) is -0.706. The summed E-state index contributed by atoms with van der Waals surface area (Å²) >= 11 is 0. The molecule has 0 radical (unpaired) electrons. The number of amides is 1. The Labute approximate surface area is 149 Å². The highest BCUT2D eigenvalue weighted by molar-refractivity contribution is 6.07. The number of carbonyl (C=O) groups excluding carboxylic acids is 1. The Hall–Kier alpha value is -3.49. The molecule has 0 aliphatic rings. The fraction of sp³-hybridized carbons (Fsp3) is 0.235. The van der Waals surface area contributed by atoms with Gasteiger partial charge in [0.1, 0.15) is 5.56 Å². The average Bonchev–Trinajstić information content (AvgIpc) is 2.63. The van der Waals surface area contributed by atoms with Crippen LogP contribution in [0.4, 0.5) is 22.7 Å². The van der Waals surface area contributed by atoms with Gasteiger partial charge in [-0.05, 0) is 44.2 Å². The van der Waals surface area contributed by atoms with Gasteiger partial charge < -0.3 is 10.2 Å². The van der Waals surface area contributed by atoms with Gasteiger partial charge in [0.15, 0.2) is 0 Å². The van der Waals surface area contributed by atoms with Crippen LogP contribution in [0.1, 0.15) is 24.2 Å². The maximum Gasteiger partial charge on any atom is 0.289 e. The van der Waals surface area contributed by atoms with Crippen molar-refractivity contribution in [2.75, 3.05) is 23.3 Å². The van der Waals surface area contributed by atoms with E-state index in [-0.39, 0.29) is 5.56 Å². The molecule has 0 aliphatic carbocycles. The van der Waals surface area contributed by atoms with Crippen LogP contribution in [0.3, 0.4) is 0 Å². The lowest BCUT2D eigenvalue weighted by atomic mass is 10.1. The lowest BCUT2D eigenvalue weighted by Crippen LogP contribution is -2.21. The predicted octanol–water partition coefficient (Wildman–Crippen LogP) is 3.60. The van der Waals surface area contributed by atoms with E-state index >= 15 is 0 Å². The minimum Gasteiger partial charge on any atom is -0.372 e. The summed E-state index contributed by atoms with van der Waals surface area (Å²) in [6.07, 6.45) is 0. The largest absolute Gasteiger partial charge is 0.372 e. The quantitative estimate of drug-likeness (QED) is 0.596. The maximum atomic E-state index is 12.4. The molecular weight excluding hydrogens is 340 g/mol. The molecule has 1 N–H and O–H groups in total. The van der Waals surface area contributed by atoms with Gasteiger partial charge >= 0.3 is 0 Å². The molecule has 9 nitrogen and oxygen atoms in total. The average molecular weight is 358 g/mol. The van der Waals surface area contributed by atoms with Crippen LogP contribution in [0, 0.1) is 20.2 Å². The second-order valence-electron chi connectivity index (χ2n) is 5.39. The highest BCUT2D eigenvalue weighted by atomic mass is 16.6. The van der Waals surface area contributed by atoms with Crippen LogP contribution in [0.5, 0.6) is 0 Å². The Bertz CT molecular complexity index is 832. The van der Waals surface area contributed by atoms with Crippen LogP contribution in [0.15, 0.2) is 42.5 Å². The molecule has 0 fully saturated rings. The van der Waals surface area contributed by atoms with Gasteiger partial charge in [-0.25, -0.2) is 0 Å². The summed E-state index contributed by atoms with van der Waals surface area (Å²) in [6, 6.07) is 9.99. The molecule has 136 valence electrons. The first-order valence-corrected chi connectivity index (χ1v) is 7.96. The molecule has 2 rings (SSSR count). The molecule has 26 heavy (non-hydrogen) atoms. The van der Waals surface area contributed by atoms with Crippen molar-refractivity contribution >= 4 is 28.7 Å². The highest BCUT2D eigenvalue weighted by Gasteiger charge is 2.24. The second kappa shape index (κ2) is 8.06. The summed E-state index contributed by atoms with van der Waals surface area (Å²) in [5.41, 5.74) is 0.162. The molecule has 0 aliphatic heterocycles. The Morgan fingerprint density at radius 1 is 1.00 bits per heavy atom. The van der Waals surface area contributed by atoms with Gasteiger partial charge in [-0.2, -0.15) is 0 Å². The third-order valence-electron chi connectivity index (χ3n) is 3.89. The van der Waals surface area contributed by atoms with Gasteiger partial charge in [-0.1, -0.05) is 0 Å². The fourth-order valence-corrected chi connectivity index (χ4v) is 2.52. The van der Waals surface area contributed by atoms with Crippen molar-refractivity contribution in [1.82, 2.24) is 0 Å². The van der Waals surface area contributed by atoms with E-state index in [9.17, 15) is 25.0 Å².